The molecule has 0 N–H and O–H groups in total. The van der Waals surface area contributed by atoms with Crippen molar-refractivity contribution in [3.8, 4) is 0 Å². The minimum absolute atomic E-state index is 0.250. The summed E-state index contributed by atoms with van der Waals surface area (Å²) in [6, 6.07) is 0. The second-order valence-corrected chi connectivity index (χ2v) is 1.14. The quantitative estimate of drug-likeness (QED) is 0.624. The second kappa shape index (κ2) is 81.5. The Morgan fingerprint density at radius 1 is 0.850 bits per heavy atom. The van der Waals surface area contributed by atoms with E-state index >= 15 is 0 Å². The van der Waals surface area contributed by atoms with Gasteiger partial charge in [-0.3, -0.25) is 8.78 Å². The largest absolute Gasteiger partial charge is 0.263 e. The molecule has 0 bridgehead atoms. The summed E-state index contributed by atoms with van der Waals surface area (Å²) in [6.45, 7) is -1.01. The zero-order chi connectivity index (χ0) is 17.8. The minimum atomic E-state index is -1.83. The molecular weight excluding hydrogens is 318 g/mol. The molecule has 0 unspecified atom stereocenters. The van der Waals surface area contributed by atoms with Crippen LogP contribution in [0.15, 0.2) is 12.7 Å². The maximum Gasteiger partial charge on any atom is 0.263 e. The molecule has 2 nitrogen and oxygen atoms in total. The fraction of sp³-hybridized carbons (Fsp3) is 0.750. The summed E-state index contributed by atoms with van der Waals surface area (Å²) in [5.74, 6) is 0. The van der Waals surface area contributed by atoms with E-state index in [0.717, 1.165) is 0 Å². The Bertz CT molecular complexity index is 95.3. The monoisotopic (exact) mass is 334 g/mol. The van der Waals surface area contributed by atoms with Gasteiger partial charge in [-0.25, -0.2) is 17.6 Å². The van der Waals surface area contributed by atoms with Crippen LogP contribution in [0.25, 0.3) is 0 Å². The first-order valence-corrected chi connectivity index (χ1v) is 4.04. The molecule has 0 aromatic rings. The molecule has 0 atom stereocenters. The van der Waals surface area contributed by atoms with Crippen LogP contribution in [0.1, 0.15) is 6.92 Å². The van der Waals surface area contributed by atoms with Crippen LogP contribution in [-0.2, 0) is 9.88 Å². The third kappa shape index (κ3) is 4690. The number of hydrogen-bond donors (Lipinski definition) is 0. The van der Waals surface area contributed by atoms with Crippen molar-refractivity contribution in [1.29, 1.82) is 0 Å². The van der Waals surface area contributed by atoms with Gasteiger partial charge in [0.25, 0.3) is 6.08 Å². The molecular formula is C8H16F10O2. The first kappa shape index (κ1) is 36.4. The number of halogens is 10. The van der Waals surface area contributed by atoms with Crippen LogP contribution in [0.4, 0.5) is 44.2 Å². The fourth-order valence-corrected chi connectivity index (χ4v) is 0. The van der Waals surface area contributed by atoms with Gasteiger partial charge in [0.1, 0.15) is 0 Å². The van der Waals surface area contributed by atoms with Crippen LogP contribution in [-0.4, -0.2) is 34.5 Å². The standard InChI is InChI=1S/C2H2F2.C2H5F.2CH2F2O.CH2F2.CH3F/c1-2(3)4;1-2-3;2*2-1-4-3;2-1-3;1-2/h1H2;2H2,1H3;2*1H2;1H2;1H3. The van der Waals surface area contributed by atoms with Crippen molar-refractivity contribution in [3.63, 3.8) is 0 Å². The Hall–Kier alpha value is -1.04. The van der Waals surface area contributed by atoms with E-state index in [-0.39, 0.29) is 6.67 Å². The predicted octanol–water partition coefficient (Wildman–Crippen LogP) is 5.47. The van der Waals surface area contributed by atoms with Gasteiger partial charge in [0, 0.05) is 0 Å². The van der Waals surface area contributed by atoms with Crippen molar-refractivity contribution in [2.45, 2.75) is 6.92 Å². The molecule has 0 fully saturated rings. The van der Waals surface area contributed by atoms with Gasteiger partial charge in [-0.15, -0.1) is 0 Å². The van der Waals surface area contributed by atoms with E-state index < -0.39 is 26.7 Å². The molecule has 12 heteroatoms. The van der Waals surface area contributed by atoms with Gasteiger partial charge in [-0.05, 0) is 22.6 Å². The minimum Gasteiger partial charge on any atom is -0.255 e. The predicted molar refractivity (Wildman–Crippen MR) is 53.5 cm³/mol. The first-order chi connectivity index (χ1) is 9.39. The molecule has 130 valence electrons. The molecule has 0 saturated carbocycles. The summed E-state index contributed by atoms with van der Waals surface area (Å²) in [5, 5.41) is 0. The third-order valence-electron chi connectivity index (χ3n) is 0.0825. The highest BCUT2D eigenvalue weighted by Gasteiger charge is 1.66. The average molecular weight is 334 g/mol. The van der Waals surface area contributed by atoms with Gasteiger partial charge in [-0.2, -0.15) is 18.7 Å². The number of alkyl halides is 6. The maximum atomic E-state index is 10.3. The fourth-order valence-electron chi connectivity index (χ4n) is 0. The van der Waals surface area contributed by atoms with Crippen molar-refractivity contribution in [1.82, 2.24) is 0 Å². The lowest BCUT2D eigenvalue weighted by molar-refractivity contribution is -0.167. The van der Waals surface area contributed by atoms with Crippen LogP contribution in [0.5, 0.6) is 0 Å². The Morgan fingerprint density at radius 3 is 0.900 bits per heavy atom. The highest BCUT2D eigenvalue weighted by molar-refractivity contribution is 4.57. The van der Waals surface area contributed by atoms with Gasteiger partial charge in [0.05, 0.1) is 13.9 Å². The highest BCUT2D eigenvalue weighted by atomic mass is 19.3. The SMILES string of the molecule is C=C(F)F.CCF.CF.FCF.FCOF.FCOF. The van der Waals surface area contributed by atoms with E-state index in [9.17, 15) is 44.2 Å². The molecule has 0 aromatic heterocycles. The summed E-state index contributed by atoms with van der Waals surface area (Å²) in [5.41, 5.74) is 0. The number of hydrogen-bond acceptors (Lipinski definition) is 2. The first-order valence-electron chi connectivity index (χ1n) is 4.04. The molecule has 0 saturated heterocycles. The summed E-state index contributed by atoms with van der Waals surface area (Å²) >= 11 is 0. The van der Waals surface area contributed by atoms with Crippen LogP contribution < -0.4 is 0 Å². The van der Waals surface area contributed by atoms with Gasteiger partial charge >= 0.3 is 0 Å². The lowest BCUT2D eigenvalue weighted by atomic mass is 10.9. The molecule has 0 aliphatic heterocycles. The van der Waals surface area contributed by atoms with Crippen molar-refractivity contribution in [2.75, 3.05) is 34.5 Å². The van der Waals surface area contributed by atoms with Crippen molar-refractivity contribution >= 4 is 0 Å². The molecule has 20 heavy (non-hydrogen) atoms. The maximum absolute atomic E-state index is 10.3. The van der Waals surface area contributed by atoms with E-state index in [4.69, 9.17) is 0 Å². The molecule has 0 spiro atoms. The van der Waals surface area contributed by atoms with Crippen molar-refractivity contribution in [2.24, 2.45) is 0 Å². The van der Waals surface area contributed by atoms with Crippen LogP contribution in [0, 0.1) is 0 Å². The zero-order valence-electron chi connectivity index (χ0n) is 10.6. The van der Waals surface area contributed by atoms with Gasteiger partial charge in [0.15, 0.2) is 0 Å². The summed E-state index contributed by atoms with van der Waals surface area (Å²) in [4.78, 5) is 4.75. The Kier molecular flexibility index (Phi) is 148. The molecule has 0 aromatic carbocycles. The summed E-state index contributed by atoms with van der Waals surface area (Å²) < 4.78 is 99.3. The molecule has 0 rings (SSSR count). The van der Waals surface area contributed by atoms with E-state index in [1.54, 1.807) is 0 Å². The highest BCUT2D eigenvalue weighted by Crippen LogP contribution is 1.85. The number of rotatable bonds is 2. The lowest BCUT2D eigenvalue weighted by Crippen LogP contribution is -1.63. The molecule has 0 radical (unpaired) electrons. The van der Waals surface area contributed by atoms with Gasteiger partial charge < -0.3 is 0 Å². The van der Waals surface area contributed by atoms with E-state index in [1.807, 2.05) is 0 Å². The van der Waals surface area contributed by atoms with Crippen molar-refractivity contribution in [3.05, 3.63) is 12.7 Å². The van der Waals surface area contributed by atoms with Gasteiger partial charge in [0.2, 0.25) is 20.6 Å². The second-order valence-electron chi connectivity index (χ2n) is 1.14. The zero-order valence-corrected chi connectivity index (χ0v) is 10.6. The Morgan fingerprint density at radius 2 is 0.900 bits per heavy atom. The molecule has 0 heterocycles. The average Bonchev–Trinajstić information content (AvgIpc) is 2.42. The lowest BCUT2D eigenvalue weighted by Gasteiger charge is -1.64. The molecule has 0 aliphatic rings. The van der Waals surface area contributed by atoms with Crippen molar-refractivity contribution < 1.29 is 54.1 Å². The normalized spacial score (nSPS) is 6.40. The van der Waals surface area contributed by atoms with Gasteiger partial charge in [-0.1, -0.05) is 0 Å². The summed E-state index contributed by atoms with van der Waals surface area (Å²) in [7, 11) is 0.500. The van der Waals surface area contributed by atoms with E-state index in [0.29, 0.717) is 7.18 Å². The third-order valence-corrected chi connectivity index (χ3v) is 0.0825. The summed E-state index contributed by atoms with van der Waals surface area (Å²) in [6.07, 6.45) is -1.83. The van der Waals surface area contributed by atoms with Crippen LogP contribution >= 0.6 is 0 Å². The Labute approximate surface area is 109 Å². The molecule has 0 aliphatic carbocycles. The van der Waals surface area contributed by atoms with Crippen LogP contribution in [0.3, 0.4) is 0 Å². The van der Waals surface area contributed by atoms with E-state index in [1.165, 1.54) is 6.92 Å². The topological polar surface area (TPSA) is 18.5 Å². The van der Waals surface area contributed by atoms with Crippen LogP contribution in [0.2, 0.25) is 0 Å². The van der Waals surface area contributed by atoms with E-state index in [2.05, 4.69) is 16.5 Å². The Balaban J connectivity index is -0.0000000299. The molecule has 0 amide bonds. The smallest absolute Gasteiger partial charge is 0.255 e.